The van der Waals surface area contributed by atoms with Crippen molar-refractivity contribution < 1.29 is 4.74 Å². The van der Waals surface area contributed by atoms with Crippen LogP contribution in [0.2, 0.25) is 5.02 Å². The molecule has 1 N–H and O–H groups in total. The zero-order chi connectivity index (χ0) is 13.7. The van der Waals surface area contributed by atoms with E-state index in [1.807, 2.05) is 38.1 Å². The molecule has 19 heavy (non-hydrogen) atoms. The van der Waals surface area contributed by atoms with Gasteiger partial charge in [-0.1, -0.05) is 23.7 Å². The van der Waals surface area contributed by atoms with Crippen LogP contribution in [0.3, 0.4) is 0 Å². The van der Waals surface area contributed by atoms with E-state index < -0.39 is 0 Å². The standard InChI is InChI=1S/C14H16ClN3O/c1-3-16-13-10(2)14(18-9-17-13)19-8-11-5-4-6-12(15)7-11/h4-7,9H,3,8H2,1-2H3,(H,16,17,18). The van der Waals surface area contributed by atoms with Crippen LogP contribution >= 0.6 is 11.6 Å². The van der Waals surface area contributed by atoms with Crippen LogP contribution in [0.4, 0.5) is 5.82 Å². The first kappa shape index (κ1) is 13.6. The summed E-state index contributed by atoms with van der Waals surface area (Å²) in [6.07, 6.45) is 1.50. The number of ether oxygens (including phenoxy) is 1. The second kappa shape index (κ2) is 6.38. The second-order valence-corrected chi connectivity index (χ2v) is 4.54. The van der Waals surface area contributed by atoms with Gasteiger partial charge in [-0.25, -0.2) is 9.97 Å². The van der Waals surface area contributed by atoms with Crippen molar-refractivity contribution in [3.8, 4) is 5.88 Å². The number of aromatic nitrogens is 2. The zero-order valence-electron chi connectivity index (χ0n) is 11.0. The van der Waals surface area contributed by atoms with Crippen molar-refractivity contribution in [1.82, 2.24) is 9.97 Å². The molecule has 1 aromatic heterocycles. The molecule has 0 aliphatic heterocycles. The van der Waals surface area contributed by atoms with Crippen molar-refractivity contribution in [1.29, 1.82) is 0 Å². The molecule has 100 valence electrons. The normalized spacial score (nSPS) is 10.3. The smallest absolute Gasteiger partial charge is 0.221 e. The molecule has 0 spiro atoms. The third-order valence-electron chi connectivity index (χ3n) is 2.65. The highest BCUT2D eigenvalue weighted by Crippen LogP contribution is 2.21. The predicted octanol–water partition coefficient (Wildman–Crippen LogP) is 3.45. The van der Waals surface area contributed by atoms with Gasteiger partial charge in [0.2, 0.25) is 5.88 Å². The fraction of sp³-hybridized carbons (Fsp3) is 0.286. The molecule has 5 heteroatoms. The average Bonchev–Trinajstić information content (AvgIpc) is 2.40. The fourth-order valence-corrected chi connectivity index (χ4v) is 1.92. The van der Waals surface area contributed by atoms with E-state index in [9.17, 15) is 0 Å². The summed E-state index contributed by atoms with van der Waals surface area (Å²) >= 11 is 5.93. The lowest BCUT2D eigenvalue weighted by atomic mass is 10.2. The van der Waals surface area contributed by atoms with Gasteiger partial charge in [-0.05, 0) is 31.5 Å². The molecule has 0 unspecified atom stereocenters. The average molecular weight is 278 g/mol. The molecule has 2 aromatic rings. The van der Waals surface area contributed by atoms with Crippen LogP contribution in [0.25, 0.3) is 0 Å². The number of nitrogens with one attached hydrogen (secondary N) is 1. The number of hydrogen-bond acceptors (Lipinski definition) is 4. The van der Waals surface area contributed by atoms with Gasteiger partial charge in [0.15, 0.2) is 0 Å². The van der Waals surface area contributed by atoms with Gasteiger partial charge in [-0.3, -0.25) is 0 Å². The van der Waals surface area contributed by atoms with Crippen molar-refractivity contribution >= 4 is 17.4 Å². The number of rotatable bonds is 5. The molecule has 0 fully saturated rings. The fourth-order valence-electron chi connectivity index (χ4n) is 1.70. The van der Waals surface area contributed by atoms with E-state index in [0.29, 0.717) is 17.5 Å². The van der Waals surface area contributed by atoms with Gasteiger partial charge in [-0.2, -0.15) is 0 Å². The molecule has 4 nitrogen and oxygen atoms in total. The van der Waals surface area contributed by atoms with Crippen LogP contribution in [-0.2, 0) is 6.61 Å². The molecule has 1 heterocycles. The van der Waals surface area contributed by atoms with Crippen LogP contribution in [0.5, 0.6) is 5.88 Å². The lowest BCUT2D eigenvalue weighted by Gasteiger charge is -2.11. The first-order valence-corrected chi connectivity index (χ1v) is 6.51. The Morgan fingerprint density at radius 3 is 2.89 bits per heavy atom. The summed E-state index contributed by atoms with van der Waals surface area (Å²) in [6.45, 7) is 5.20. The summed E-state index contributed by atoms with van der Waals surface area (Å²) in [5.41, 5.74) is 1.92. The van der Waals surface area contributed by atoms with E-state index in [4.69, 9.17) is 16.3 Å². The van der Waals surface area contributed by atoms with Gasteiger partial charge >= 0.3 is 0 Å². The van der Waals surface area contributed by atoms with E-state index in [2.05, 4.69) is 15.3 Å². The topological polar surface area (TPSA) is 47.0 Å². The summed E-state index contributed by atoms with van der Waals surface area (Å²) in [5, 5.41) is 3.87. The molecule has 0 aliphatic carbocycles. The van der Waals surface area contributed by atoms with Gasteiger partial charge in [0.1, 0.15) is 18.8 Å². The minimum atomic E-state index is 0.435. The Balaban J connectivity index is 2.09. The summed E-state index contributed by atoms with van der Waals surface area (Å²) in [7, 11) is 0. The highest BCUT2D eigenvalue weighted by molar-refractivity contribution is 6.30. The SMILES string of the molecule is CCNc1ncnc(OCc2cccc(Cl)c2)c1C. The first-order chi connectivity index (χ1) is 9.20. The Hall–Kier alpha value is -1.81. The van der Waals surface area contributed by atoms with E-state index in [1.54, 1.807) is 0 Å². The lowest BCUT2D eigenvalue weighted by molar-refractivity contribution is 0.291. The molecule has 0 saturated heterocycles. The third-order valence-corrected chi connectivity index (χ3v) is 2.88. The molecule has 0 aliphatic rings. The molecular weight excluding hydrogens is 262 g/mol. The number of anilines is 1. The Bertz CT molecular complexity index is 560. The summed E-state index contributed by atoms with van der Waals surface area (Å²) in [4.78, 5) is 8.33. The number of nitrogens with zero attached hydrogens (tertiary/aromatic N) is 2. The molecule has 0 atom stereocenters. The van der Waals surface area contributed by atoms with Crippen molar-refractivity contribution in [2.24, 2.45) is 0 Å². The van der Waals surface area contributed by atoms with Crippen molar-refractivity contribution in [3.05, 3.63) is 46.7 Å². The van der Waals surface area contributed by atoms with E-state index in [1.165, 1.54) is 6.33 Å². The minimum absolute atomic E-state index is 0.435. The van der Waals surface area contributed by atoms with Crippen LogP contribution in [0, 0.1) is 6.92 Å². The third kappa shape index (κ3) is 3.58. The van der Waals surface area contributed by atoms with E-state index >= 15 is 0 Å². The number of hydrogen-bond donors (Lipinski definition) is 1. The molecule has 0 saturated carbocycles. The maximum Gasteiger partial charge on any atom is 0.221 e. The van der Waals surface area contributed by atoms with Crippen LogP contribution in [0.15, 0.2) is 30.6 Å². The maximum absolute atomic E-state index is 5.93. The molecule has 1 aromatic carbocycles. The molecule has 2 rings (SSSR count). The second-order valence-electron chi connectivity index (χ2n) is 4.10. The Kier molecular flexibility index (Phi) is 4.58. The van der Waals surface area contributed by atoms with Gasteiger partial charge in [0.05, 0.1) is 5.56 Å². The Labute approximate surface area is 117 Å². The highest BCUT2D eigenvalue weighted by atomic mass is 35.5. The molecule has 0 radical (unpaired) electrons. The van der Waals surface area contributed by atoms with Crippen molar-refractivity contribution in [2.45, 2.75) is 20.5 Å². The summed E-state index contributed by atoms with van der Waals surface area (Å²) in [5.74, 6) is 1.39. The highest BCUT2D eigenvalue weighted by Gasteiger charge is 2.07. The van der Waals surface area contributed by atoms with Crippen LogP contribution in [0.1, 0.15) is 18.1 Å². The summed E-state index contributed by atoms with van der Waals surface area (Å²) in [6, 6.07) is 7.58. The van der Waals surface area contributed by atoms with Crippen LogP contribution in [-0.4, -0.2) is 16.5 Å². The number of halogens is 1. The molecule has 0 bridgehead atoms. The van der Waals surface area contributed by atoms with Crippen LogP contribution < -0.4 is 10.1 Å². The van der Waals surface area contributed by atoms with Crippen molar-refractivity contribution in [3.63, 3.8) is 0 Å². The largest absolute Gasteiger partial charge is 0.472 e. The Morgan fingerprint density at radius 1 is 1.32 bits per heavy atom. The lowest BCUT2D eigenvalue weighted by Crippen LogP contribution is -2.05. The quantitative estimate of drug-likeness (QED) is 0.909. The van der Waals surface area contributed by atoms with Gasteiger partial charge in [0.25, 0.3) is 0 Å². The predicted molar refractivity (Wildman–Crippen MR) is 76.7 cm³/mol. The van der Waals surface area contributed by atoms with E-state index in [-0.39, 0.29) is 0 Å². The summed E-state index contributed by atoms with van der Waals surface area (Å²) < 4.78 is 5.72. The maximum atomic E-state index is 5.93. The monoisotopic (exact) mass is 277 g/mol. The number of benzene rings is 1. The first-order valence-electron chi connectivity index (χ1n) is 6.13. The van der Waals surface area contributed by atoms with Crippen molar-refractivity contribution in [2.75, 3.05) is 11.9 Å². The molecule has 0 amide bonds. The van der Waals surface area contributed by atoms with Gasteiger partial charge in [-0.15, -0.1) is 0 Å². The van der Waals surface area contributed by atoms with E-state index in [0.717, 1.165) is 23.5 Å². The zero-order valence-corrected chi connectivity index (χ0v) is 11.7. The molecular formula is C14H16ClN3O. The Morgan fingerprint density at radius 2 is 2.16 bits per heavy atom. The minimum Gasteiger partial charge on any atom is -0.472 e. The van der Waals surface area contributed by atoms with Gasteiger partial charge in [0, 0.05) is 11.6 Å². The van der Waals surface area contributed by atoms with Gasteiger partial charge < -0.3 is 10.1 Å².